The van der Waals surface area contributed by atoms with Gasteiger partial charge in [-0.25, -0.2) is 0 Å². The molecule has 0 aliphatic carbocycles. The Balaban J connectivity index is 1.47. The fraction of sp³-hybridized carbons (Fsp3) is 0.529. The number of anilines is 1. The highest BCUT2D eigenvalue weighted by Gasteiger charge is 2.23. The van der Waals surface area contributed by atoms with Crippen molar-refractivity contribution in [3.05, 3.63) is 24.3 Å². The standard InChI is InChI=1S/C17H22N2O3S/c20-16(18-11-13-7-9-22-12-13)5-6-17(21)19-8-10-23-15-4-2-1-3-14(15)19/h1-4,13H,5-12H2,(H,18,20)/t13-/m1/s1. The molecule has 0 unspecified atom stereocenters. The second-order valence-electron chi connectivity index (χ2n) is 5.90. The van der Waals surface area contributed by atoms with Gasteiger partial charge in [-0.15, -0.1) is 11.8 Å². The molecule has 0 spiro atoms. The van der Waals surface area contributed by atoms with Crippen LogP contribution in [0.1, 0.15) is 19.3 Å². The number of thioether (sulfide) groups is 1. The Morgan fingerprint density at radius 3 is 3.00 bits per heavy atom. The number of hydrogen-bond donors (Lipinski definition) is 1. The number of para-hydroxylation sites is 1. The molecule has 0 aromatic heterocycles. The Kier molecular flexibility index (Phi) is 5.56. The number of carbonyl (C=O) groups is 2. The van der Waals surface area contributed by atoms with Gasteiger partial charge in [-0.1, -0.05) is 12.1 Å². The van der Waals surface area contributed by atoms with E-state index in [0.717, 1.165) is 36.0 Å². The Bertz CT molecular complexity index is 573. The average Bonchev–Trinajstić information content (AvgIpc) is 3.11. The first-order valence-electron chi connectivity index (χ1n) is 8.10. The van der Waals surface area contributed by atoms with Crippen LogP contribution in [0, 0.1) is 5.92 Å². The van der Waals surface area contributed by atoms with Gasteiger partial charge in [0.2, 0.25) is 11.8 Å². The van der Waals surface area contributed by atoms with Crippen LogP contribution in [-0.2, 0) is 14.3 Å². The summed E-state index contributed by atoms with van der Waals surface area (Å²) in [4.78, 5) is 27.3. The molecular weight excluding hydrogens is 312 g/mol. The van der Waals surface area contributed by atoms with Crippen LogP contribution >= 0.6 is 11.8 Å². The summed E-state index contributed by atoms with van der Waals surface area (Å²) in [5.74, 6) is 1.29. The predicted molar refractivity (Wildman–Crippen MR) is 90.7 cm³/mol. The van der Waals surface area contributed by atoms with E-state index < -0.39 is 0 Å². The Hall–Kier alpha value is -1.53. The molecule has 124 valence electrons. The number of rotatable bonds is 5. The van der Waals surface area contributed by atoms with Crippen LogP contribution in [0.25, 0.3) is 0 Å². The van der Waals surface area contributed by atoms with Crippen molar-refractivity contribution in [1.29, 1.82) is 0 Å². The van der Waals surface area contributed by atoms with Crippen LogP contribution in [0.3, 0.4) is 0 Å². The first-order chi connectivity index (χ1) is 11.2. The maximum atomic E-state index is 12.4. The molecule has 6 heteroatoms. The van der Waals surface area contributed by atoms with Crippen molar-refractivity contribution in [3.8, 4) is 0 Å². The zero-order valence-corrected chi connectivity index (χ0v) is 13.9. The number of benzene rings is 1. The topological polar surface area (TPSA) is 58.6 Å². The molecule has 1 aromatic carbocycles. The summed E-state index contributed by atoms with van der Waals surface area (Å²) < 4.78 is 5.29. The molecule has 1 atom stereocenters. The lowest BCUT2D eigenvalue weighted by atomic mass is 10.1. The minimum absolute atomic E-state index is 0.0251. The van der Waals surface area contributed by atoms with Crippen LogP contribution in [0.2, 0.25) is 0 Å². The third kappa shape index (κ3) is 4.26. The number of nitrogens with zero attached hydrogens (tertiary/aromatic N) is 1. The van der Waals surface area contributed by atoms with Gasteiger partial charge < -0.3 is 15.0 Å². The minimum atomic E-state index is -0.0510. The normalized spacial score (nSPS) is 20.2. The Labute approximate surface area is 140 Å². The van der Waals surface area contributed by atoms with E-state index in [1.165, 1.54) is 0 Å². The molecule has 5 nitrogen and oxygen atoms in total. The molecule has 1 aromatic rings. The highest BCUT2D eigenvalue weighted by atomic mass is 32.2. The quantitative estimate of drug-likeness (QED) is 0.895. The second kappa shape index (κ2) is 7.84. The van der Waals surface area contributed by atoms with Gasteiger partial charge in [0.25, 0.3) is 0 Å². The van der Waals surface area contributed by atoms with Gasteiger partial charge in [0, 0.05) is 49.1 Å². The van der Waals surface area contributed by atoms with Crippen molar-refractivity contribution in [2.45, 2.75) is 24.2 Å². The maximum Gasteiger partial charge on any atom is 0.227 e. The zero-order chi connectivity index (χ0) is 16.1. The first kappa shape index (κ1) is 16.3. The van der Waals surface area contributed by atoms with Crippen molar-refractivity contribution in [2.24, 2.45) is 5.92 Å². The van der Waals surface area contributed by atoms with Gasteiger partial charge in [0.05, 0.1) is 12.3 Å². The third-order valence-corrected chi connectivity index (χ3v) is 5.25. The van der Waals surface area contributed by atoms with Gasteiger partial charge in [-0.05, 0) is 18.6 Å². The molecule has 2 amide bonds. The van der Waals surface area contributed by atoms with Gasteiger partial charge in [0.1, 0.15) is 0 Å². The highest BCUT2D eigenvalue weighted by molar-refractivity contribution is 7.99. The fourth-order valence-electron chi connectivity index (χ4n) is 2.87. The molecule has 1 saturated heterocycles. The van der Waals surface area contributed by atoms with Gasteiger partial charge in [-0.2, -0.15) is 0 Å². The van der Waals surface area contributed by atoms with Gasteiger partial charge in [0.15, 0.2) is 0 Å². The molecule has 2 aliphatic heterocycles. The van der Waals surface area contributed by atoms with Crippen molar-refractivity contribution in [3.63, 3.8) is 0 Å². The van der Waals surface area contributed by atoms with Gasteiger partial charge >= 0.3 is 0 Å². The number of nitrogens with one attached hydrogen (secondary N) is 1. The molecule has 1 fully saturated rings. The van der Waals surface area contributed by atoms with Crippen LogP contribution < -0.4 is 10.2 Å². The lowest BCUT2D eigenvalue weighted by Crippen LogP contribution is -2.36. The highest BCUT2D eigenvalue weighted by Crippen LogP contribution is 2.34. The summed E-state index contributed by atoms with van der Waals surface area (Å²) in [7, 11) is 0. The molecule has 2 aliphatic rings. The van der Waals surface area contributed by atoms with E-state index in [1.54, 1.807) is 11.8 Å². The Morgan fingerprint density at radius 1 is 1.30 bits per heavy atom. The number of carbonyl (C=O) groups excluding carboxylic acids is 2. The van der Waals surface area contributed by atoms with Crippen molar-refractivity contribution >= 4 is 29.3 Å². The van der Waals surface area contributed by atoms with E-state index in [-0.39, 0.29) is 24.7 Å². The van der Waals surface area contributed by atoms with E-state index in [0.29, 0.717) is 19.0 Å². The fourth-order valence-corrected chi connectivity index (χ4v) is 3.87. The van der Waals surface area contributed by atoms with Crippen LogP contribution in [0.15, 0.2) is 29.2 Å². The van der Waals surface area contributed by atoms with Crippen molar-refractivity contribution < 1.29 is 14.3 Å². The third-order valence-electron chi connectivity index (χ3n) is 4.21. The lowest BCUT2D eigenvalue weighted by molar-refractivity contribution is -0.125. The van der Waals surface area contributed by atoms with E-state index in [2.05, 4.69) is 5.32 Å². The SMILES string of the molecule is O=C(CCC(=O)N1CCSc2ccccc21)NC[C@H]1CCOC1. The smallest absolute Gasteiger partial charge is 0.227 e. The number of ether oxygens (including phenoxy) is 1. The average molecular weight is 334 g/mol. The van der Waals surface area contributed by atoms with Gasteiger partial charge in [-0.3, -0.25) is 9.59 Å². The monoisotopic (exact) mass is 334 g/mol. The van der Waals surface area contributed by atoms with E-state index in [9.17, 15) is 9.59 Å². The van der Waals surface area contributed by atoms with Crippen molar-refractivity contribution in [1.82, 2.24) is 5.32 Å². The van der Waals surface area contributed by atoms with Crippen LogP contribution in [0.5, 0.6) is 0 Å². The summed E-state index contributed by atoms with van der Waals surface area (Å²) in [5.41, 5.74) is 0.970. The lowest BCUT2D eigenvalue weighted by Gasteiger charge is -2.29. The molecule has 3 rings (SSSR count). The van der Waals surface area contributed by atoms with Crippen LogP contribution in [0.4, 0.5) is 5.69 Å². The van der Waals surface area contributed by atoms with E-state index in [1.807, 2.05) is 29.2 Å². The number of fused-ring (bicyclic) bond motifs is 1. The first-order valence-corrected chi connectivity index (χ1v) is 9.09. The Morgan fingerprint density at radius 2 is 2.17 bits per heavy atom. The number of amides is 2. The summed E-state index contributed by atoms with van der Waals surface area (Å²) in [6.45, 7) is 2.87. The summed E-state index contributed by atoms with van der Waals surface area (Å²) in [6, 6.07) is 7.94. The molecule has 1 N–H and O–H groups in total. The maximum absolute atomic E-state index is 12.4. The van der Waals surface area contributed by atoms with Crippen LogP contribution in [-0.4, -0.2) is 43.9 Å². The van der Waals surface area contributed by atoms with E-state index in [4.69, 9.17) is 4.74 Å². The minimum Gasteiger partial charge on any atom is -0.381 e. The van der Waals surface area contributed by atoms with Crippen molar-refractivity contribution in [2.75, 3.05) is 37.0 Å². The summed E-state index contributed by atoms with van der Waals surface area (Å²) in [5, 5.41) is 2.91. The molecule has 23 heavy (non-hydrogen) atoms. The molecule has 2 heterocycles. The zero-order valence-electron chi connectivity index (χ0n) is 13.1. The predicted octanol–water partition coefficient (Wildman–Crippen LogP) is 2.06. The molecule has 0 saturated carbocycles. The second-order valence-corrected chi connectivity index (χ2v) is 7.03. The summed E-state index contributed by atoms with van der Waals surface area (Å²) >= 11 is 1.77. The van der Waals surface area contributed by atoms with E-state index >= 15 is 0 Å². The molecular formula is C17H22N2O3S. The molecule has 0 radical (unpaired) electrons. The number of hydrogen-bond acceptors (Lipinski definition) is 4. The molecule has 0 bridgehead atoms. The summed E-state index contributed by atoms with van der Waals surface area (Å²) in [6.07, 6.45) is 1.51. The largest absolute Gasteiger partial charge is 0.381 e.